The molecule has 14 heavy (non-hydrogen) atoms. The third kappa shape index (κ3) is 1.93. The molecule has 1 saturated heterocycles. The summed E-state index contributed by atoms with van der Waals surface area (Å²) in [6, 6.07) is 7.21. The molecule has 1 aromatic rings. The van der Waals surface area contributed by atoms with Crippen LogP contribution in [0.4, 0.5) is 0 Å². The summed E-state index contributed by atoms with van der Waals surface area (Å²) in [5.74, 6) is 0.841. The average Bonchev–Trinajstić information content (AvgIpc) is 2.17. The minimum Gasteiger partial charge on any atom is -0.488 e. The van der Waals surface area contributed by atoms with Crippen LogP contribution in [0.25, 0.3) is 0 Å². The van der Waals surface area contributed by atoms with E-state index in [0.29, 0.717) is 11.7 Å². The molecule has 1 aromatic carbocycles. The average molecular weight is 191 g/mol. The van der Waals surface area contributed by atoms with Gasteiger partial charge in [-0.25, -0.2) is 0 Å². The van der Waals surface area contributed by atoms with E-state index in [1.807, 2.05) is 12.1 Å². The first kappa shape index (κ1) is 9.21. The second-order valence-electron chi connectivity index (χ2n) is 3.65. The Morgan fingerprint density at radius 3 is 2.50 bits per heavy atom. The third-order valence-corrected chi connectivity index (χ3v) is 2.35. The van der Waals surface area contributed by atoms with Crippen molar-refractivity contribution in [2.75, 3.05) is 20.1 Å². The van der Waals surface area contributed by atoms with E-state index in [2.05, 4.69) is 11.9 Å². The fourth-order valence-electron chi connectivity index (χ4n) is 1.53. The van der Waals surface area contributed by atoms with Crippen molar-refractivity contribution in [1.29, 1.82) is 0 Å². The van der Waals surface area contributed by atoms with Gasteiger partial charge in [0.2, 0.25) is 0 Å². The van der Waals surface area contributed by atoms with Gasteiger partial charge in [-0.1, -0.05) is 0 Å². The summed E-state index contributed by atoms with van der Waals surface area (Å²) in [4.78, 5) is 12.6. The Labute approximate surface area is 83.3 Å². The number of likely N-dealkylation sites (N-methyl/N-ethyl adjacent to an activating group) is 1. The van der Waals surface area contributed by atoms with Crippen LogP contribution in [-0.2, 0) is 0 Å². The van der Waals surface area contributed by atoms with Gasteiger partial charge in [0.1, 0.15) is 18.1 Å². The highest BCUT2D eigenvalue weighted by molar-refractivity contribution is 5.74. The zero-order chi connectivity index (χ0) is 9.97. The smallest absolute Gasteiger partial charge is 0.150 e. The van der Waals surface area contributed by atoms with Crippen LogP contribution in [0.15, 0.2) is 24.3 Å². The summed E-state index contributed by atoms with van der Waals surface area (Å²) in [7, 11) is 2.06. The Kier molecular flexibility index (Phi) is 2.50. The van der Waals surface area contributed by atoms with Crippen LogP contribution in [0.1, 0.15) is 10.4 Å². The molecule has 1 aliphatic heterocycles. The van der Waals surface area contributed by atoms with Crippen molar-refractivity contribution in [2.24, 2.45) is 0 Å². The molecule has 0 unspecified atom stereocenters. The number of likely N-dealkylation sites (tertiary alicyclic amines) is 1. The molecule has 74 valence electrons. The number of nitrogens with zero attached hydrogens (tertiary/aromatic N) is 1. The molecule has 0 amide bonds. The van der Waals surface area contributed by atoms with Crippen LogP contribution in [0.2, 0.25) is 0 Å². The van der Waals surface area contributed by atoms with Crippen LogP contribution >= 0.6 is 0 Å². The predicted molar refractivity (Wildman–Crippen MR) is 53.7 cm³/mol. The van der Waals surface area contributed by atoms with E-state index in [0.717, 1.165) is 25.1 Å². The summed E-state index contributed by atoms with van der Waals surface area (Å²) < 4.78 is 5.66. The van der Waals surface area contributed by atoms with Gasteiger partial charge in [-0.2, -0.15) is 0 Å². The fourth-order valence-corrected chi connectivity index (χ4v) is 1.53. The van der Waals surface area contributed by atoms with Crippen molar-refractivity contribution in [3.05, 3.63) is 29.8 Å². The van der Waals surface area contributed by atoms with Gasteiger partial charge in [0.05, 0.1) is 0 Å². The quantitative estimate of drug-likeness (QED) is 0.672. The molecule has 3 heteroatoms. The Hall–Kier alpha value is -1.35. The van der Waals surface area contributed by atoms with E-state index >= 15 is 0 Å². The molecule has 1 fully saturated rings. The number of ether oxygens (including phenoxy) is 1. The minimum absolute atomic E-state index is 0.307. The highest BCUT2D eigenvalue weighted by atomic mass is 16.5. The van der Waals surface area contributed by atoms with Crippen molar-refractivity contribution in [3.63, 3.8) is 0 Å². The van der Waals surface area contributed by atoms with Crippen LogP contribution in [-0.4, -0.2) is 37.4 Å². The number of hydrogen-bond acceptors (Lipinski definition) is 3. The lowest BCUT2D eigenvalue weighted by atomic mass is 10.2. The van der Waals surface area contributed by atoms with Gasteiger partial charge in [0.25, 0.3) is 0 Å². The Morgan fingerprint density at radius 2 is 2.00 bits per heavy atom. The molecule has 0 bridgehead atoms. The van der Waals surface area contributed by atoms with Gasteiger partial charge in [-0.05, 0) is 31.3 Å². The monoisotopic (exact) mass is 191 g/mol. The maximum atomic E-state index is 10.4. The largest absolute Gasteiger partial charge is 0.488 e. The number of carbonyl (C=O) groups is 1. The molecule has 0 spiro atoms. The Bertz CT molecular complexity index is 315. The van der Waals surface area contributed by atoms with Gasteiger partial charge < -0.3 is 4.74 Å². The molecule has 2 rings (SSSR count). The summed E-state index contributed by atoms with van der Waals surface area (Å²) in [5.41, 5.74) is 0.683. The maximum Gasteiger partial charge on any atom is 0.150 e. The van der Waals surface area contributed by atoms with E-state index in [1.165, 1.54) is 0 Å². The summed E-state index contributed by atoms with van der Waals surface area (Å²) in [6.07, 6.45) is 1.14. The lowest BCUT2D eigenvalue weighted by Gasteiger charge is -2.35. The van der Waals surface area contributed by atoms with Crippen molar-refractivity contribution in [3.8, 4) is 5.75 Å². The van der Waals surface area contributed by atoms with E-state index in [1.54, 1.807) is 12.1 Å². The summed E-state index contributed by atoms with van der Waals surface area (Å²) >= 11 is 0. The molecule has 0 aromatic heterocycles. The van der Waals surface area contributed by atoms with E-state index in [-0.39, 0.29) is 0 Å². The topological polar surface area (TPSA) is 29.5 Å². The maximum absolute atomic E-state index is 10.4. The number of aldehydes is 1. The Morgan fingerprint density at radius 1 is 1.36 bits per heavy atom. The van der Waals surface area contributed by atoms with Crippen molar-refractivity contribution < 1.29 is 9.53 Å². The van der Waals surface area contributed by atoms with Crippen LogP contribution < -0.4 is 4.74 Å². The van der Waals surface area contributed by atoms with Crippen LogP contribution in [0.3, 0.4) is 0 Å². The summed E-state index contributed by atoms with van der Waals surface area (Å²) in [6.45, 7) is 1.96. The first-order chi connectivity index (χ1) is 6.78. The highest BCUT2D eigenvalue weighted by Gasteiger charge is 2.24. The standard InChI is InChI=1S/C11H13NO2/c1-12-6-11(7-12)14-10-4-2-9(8-13)3-5-10/h2-5,8,11H,6-7H2,1H3. The second kappa shape index (κ2) is 3.80. The van der Waals surface area contributed by atoms with Gasteiger partial charge in [-0.3, -0.25) is 9.69 Å². The molecular formula is C11H13NO2. The van der Waals surface area contributed by atoms with Crippen LogP contribution in [0.5, 0.6) is 5.75 Å². The van der Waals surface area contributed by atoms with E-state index in [9.17, 15) is 4.79 Å². The van der Waals surface area contributed by atoms with Gasteiger partial charge in [0, 0.05) is 18.7 Å². The summed E-state index contributed by atoms with van der Waals surface area (Å²) in [5, 5.41) is 0. The van der Waals surface area contributed by atoms with E-state index in [4.69, 9.17) is 4.74 Å². The third-order valence-electron chi connectivity index (χ3n) is 2.35. The lowest BCUT2D eigenvalue weighted by molar-refractivity contribution is 0.0388. The number of hydrogen-bond donors (Lipinski definition) is 0. The predicted octanol–water partition coefficient (Wildman–Crippen LogP) is 1.19. The molecule has 0 N–H and O–H groups in total. The normalized spacial score (nSPS) is 17.5. The molecular weight excluding hydrogens is 178 g/mol. The molecule has 0 radical (unpaired) electrons. The molecule has 3 nitrogen and oxygen atoms in total. The van der Waals surface area contributed by atoms with Gasteiger partial charge in [-0.15, -0.1) is 0 Å². The van der Waals surface area contributed by atoms with Gasteiger partial charge >= 0.3 is 0 Å². The number of rotatable bonds is 3. The molecule has 0 saturated carbocycles. The zero-order valence-electron chi connectivity index (χ0n) is 8.14. The Balaban J connectivity index is 1.93. The number of carbonyl (C=O) groups excluding carboxylic acids is 1. The number of benzene rings is 1. The molecule has 0 aliphatic carbocycles. The first-order valence-corrected chi connectivity index (χ1v) is 4.68. The van der Waals surface area contributed by atoms with Crippen molar-refractivity contribution in [2.45, 2.75) is 6.10 Å². The second-order valence-corrected chi connectivity index (χ2v) is 3.65. The fraction of sp³-hybridized carbons (Fsp3) is 0.364. The van der Waals surface area contributed by atoms with Crippen molar-refractivity contribution in [1.82, 2.24) is 4.90 Å². The lowest BCUT2D eigenvalue weighted by Crippen LogP contribution is -2.51. The molecule has 1 aliphatic rings. The van der Waals surface area contributed by atoms with E-state index < -0.39 is 0 Å². The minimum atomic E-state index is 0.307. The van der Waals surface area contributed by atoms with Crippen molar-refractivity contribution >= 4 is 6.29 Å². The zero-order valence-corrected chi connectivity index (χ0v) is 8.14. The SMILES string of the molecule is CN1CC(Oc2ccc(C=O)cc2)C1. The highest BCUT2D eigenvalue weighted by Crippen LogP contribution is 2.17. The molecule has 1 heterocycles. The van der Waals surface area contributed by atoms with Gasteiger partial charge in [0.15, 0.2) is 0 Å². The molecule has 0 atom stereocenters. The van der Waals surface area contributed by atoms with Crippen LogP contribution in [0, 0.1) is 0 Å². The first-order valence-electron chi connectivity index (χ1n) is 4.68.